The molecular formula is C17H25ClN2O3S. The first-order valence-corrected chi connectivity index (χ1v) is 10.1. The third kappa shape index (κ3) is 3.76. The van der Waals surface area contributed by atoms with E-state index in [0.717, 1.165) is 12.8 Å². The molecule has 1 heterocycles. The van der Waals surface area contributed by atoms with E-state index in [0.29, 0.717) is 18.7 Å². The zero-order valence-corrected chi connectivity index (χ0v) is 16.2. The van der Waals surface area contributed by atoms with Gasteiger partial charge in [0.15, 0.2) is 0 Å². The van der Waals surface area contributed by atoms with Crippen molar-refractivity contribution in [3.63, 3.8) is 0 Å². The molecule has 2 rings (SSSR count). The largest absolute Gasteiger partial charge is 0.334 e. The Bertz CT molecular complexity index is 703. The summed E-state index contributed by atoms with van der Waals surface area (Å²) < 4.78 is 27.0. The number of amides is 1. The molecule has 0 radical (unpaired) electrons. The van der Waals surface area contributed by atoms with Crippen molar-refractivity contribution in [1.82, 2.24) is 9.21 Å². The number of hydrogen-bond donors (Lipinski definition) is 0. The van der Waals surface area contributed by atoms with E-state index in [2.05, 4.69) is 0 Å². The summed E-state index contributed by atoms with van der Waals surface area (Å²) in [5.41, 5.74) is 0.347. The molecule has 0 aliphatic carbocycles. The highest BCUT2D eigenvalue weighted by Gasteiger charge is 2.30. The molecule has 1 aliphatic rings. The number of nitrogens with zero attached hydrogens (tertiary/aromatic N) is 2. The van der Waals surface area contributed by atoms with Crippen molar-refractivity contribution in [3.05, 3.63) is 28.8 Å². The summed E-state index contributed by atoms with van der Waals surface area (Å²) in [4.78, 5) is 14.6. The van der Waals surface area contributed by atoms with Gasteiger partial charge in [0.25, 0.3) is 5.91 Å². The lowest BCUT2D eigenvalue weighted by Gasteiger charge is -2.31. The van der Waals surface area contributed by atoms with Crippen LogP contribution in [0, 0.1) is 0 Å². The molecule has 0 saturated carbocycles. The van der Waals surface area contributed by atoms with Gasteiger partial charge < -0.3 is 4.90 Å². The molecule has 1 fully saturated rings. The molecule has 7 heteroatoms. The Labute approximate surface area is 149 Å². The summed E-state index contributed by atoms with van der Waals surface area (Å²) in [6.45, 7) is 8.76. The van der Waals surface area contributed by atoms with Crippen LogP contribution in [0.5, 0.6) is 0 Å². The van der Waals surface area contributed by atoms with E-state index < -0.39 is 10.0 Å². The first kappa shape index (κ1) is 19.2. The fraction of sp³-hybridized carbons (Fsp3) is 0.588. The lowest BCUT2D eigenvalue weighted by atomic mass is 10.1. The average molecular weight is 373 g/mol. The quantitative estimate of drug-likeness (QED) is 0.796. The monoisotopic (exact) mass is 372 g/mol. The molecule has 134 valence electrons. The SMILES string of the molecule is CC(C)N(C(=O)c1ccc(Cl)c(S(=O)(=O)N2CCCC2)c1)C(C)C. The van der Waals surface area contributed by atoms with E-state index in [1.54, 1.807) is 11.0 Å². The first-order valence-electron chi connectivity index (χ1n) is 8.28. The topological polar surface area (TPSA) is 57.7 Å². The van der Waals surface area contributed by atoms with Gasteiger partial charge in [0, 0.05) is 30.7 Å². The van der Waals surface area contributed by atoms with Gasteiger partial charge in [-0.05, 0) is 58.7 Å². The molecule has 0 N–H and O–H groups in total. The van der Waals surface area contributed by atoms with Gasteiger partial charge in [0.05, 0.1) is 5.02 Å². The fourth-order valence-electron chi connectivity index (χ4n) is 3.12. The minimum atomic E-state index is -3.66. The second-order valence-corrected chi connectivity index (χ2v) is 8.97. The van der Waals surface area contributed by atoms with Gasteiger partial charge in [-0.3, -0.25) is 4.79 Å². The number of carbonyl (C=O) groups excluding carboxylic acids is 1. The molecule has 0 atom stereocenters. The minimum absolute atomic E-state index is 0.0179. The summed E-state index contributed by atoms with van der Waals surface area (Å²) in [5, 5.41) is 0.152. The van der Waals surface area contributed by atoms with Crippen LogP contribution in [0.1, 0.15) is 50.9 Å². The third-order valence-electron chi connectivity index (χ3n) is 4.21. The standard InChI is InChI=1S/C17H25ClN2O3S/c1-12(2)20(13(3)4)17(21)14-7-8-15(18)16(11-14)24(22,23)19-9-5-6-10-19/h7-8,11-13H,5-6,9-10H2,1-4H3. The lowest BCUT2D eigenvalue weighted by molar-refractivity contribution is 0.0643. The molecule has 24 heavy (non-hydrogen) atoms. The summed E-state index contributed by atoms with van der Waals surface area (Å²) in [7, 11) is -3.66. The molecule has 0 unspecified atom stereocenters. The van der Waals surface area contributed by atoms with Gasteiger partial charge >= 0.3 is 0 Å². The summed E-state index contributed by atoms with van der Waals surface area (Å²) in [5.74, 6) is -0.186. The zero-order chi connectivity index (χ0) is 18.1. The first-order chi connectivity index (χ1) is 11.2. The highest BCUT2D eigenvalue weighted by molar-refractivity contribution is 7.89. The Hall–Kier alpha value is -1.11. The van der Waals surface area contributed by atoms with Crippen LogP contribution in [0.25, 0.3) is 0 Å². The van der Waals surface area contributed by atoms with Gasteiger partial charge in [-0.15, -0.1) is 0 Å². The number of hydrogen-bond acceptors (Lipinski definition) is 3. The van der Waals surface area contributed by atoms with Crippen LogP contribution >= 0.6 is 11.6 Å². The highest BCUT2D eigenvalue weighted by atomic mass is 35.5. The number of carbonyl (C=O) groups is 1. The van der Waals surface area contributed by atoms with Crippen molar-refractivity contribution in [2.45, 2.75) is 57.5 Å². The molecule has 1 aromatic rings. The summed E-state index contributed by atoms with van der Waals surface area (Å²) in [6, 6.07) is 4.54. The van der Waals surface area contributed by atoms with Gasteiger partial charge in [-0.25, -0.2) is 8.42 Å². The van der Waals surface area contributed by atoms with Gasteiger partial charge in [0.2, 0.25) is 10.0 Å². The molecule has 0 bridgehead atoms. The Kier molecular flexibility index (Phi) is 5.94. The van der Waals surface area contributed by atoms with Gasteiger partial charge in [0.1, 0.15) is 4.90 Å². The van der Waals surface area contributed by atoms with E-state index in [4.69, 9.17) is 11.6 Å². The number of rotatable bonds is 5. The van der Waals surface area contributed by atoms with Crippen molar-refractivity contribution < 1.29 is 13.2 Å². The molecule has 1 saturated heterocycles. The predicted molar refractivity (Wildman–Crippen MR) is 95.9 cm³/mol. The van der Waals surface area contributed by atoms with Crippen LogP contribution in [0.3, 0.4) is 0 Å². The predicted octanol–water partition coefficient (Wildman–Crippen LogP) is 3.38. The molecular weight excluding hydrogens is 348 g/mol. The van der Waals surface area contributed by atoms with Crippen molar-refractivity contribution in [3.8, 4) is 0 Å². The minimum Gasteiger partial charge on any atom is -0.334 e. The number of benzene rings is 1. The lowest BCUT2D eigenvalue weighted by Crippen LogP contribution is -2.42. The molecule has 0 aromatic heterocycles. The second-order valence-electron chi connectivity index (χ2n) is 6.66. The van der Waals surface area contributed by atoms with E-state index in [9.17, 15) is 13.2 Å². The maximum atomic E-state index is 12.8. The third-order valence-corrected chi connectivity index (χ3v) is 6.59. The Morgan fingerprint density at radius 2 is 1.67 bits per heavy atom. The second kappa shape index (κ2) is 7.42. The Balaban J connectivity index is 2.43. The summed E-state index contributed by atoms with van der Waals surface area (Å²) >= 11 is 6.14. The van der Waals surface area contributed by atoms with Crippen LogP contribution in [0.15, 0.2) is 23.1 Å². The maximum absolute atomic E-state index is 12.8. The van der Waals surface area contributed by atoms with Gasteiger partial charge in [-0.1, -0.05) is 11.6 Å². The van der Waals surface area contributed by atoms with Gasteiger partial charge in [-0.2, -0.15) is 4.31 Å². The van der Waals surface area contributed by atoms with Crippen molar-refractivity contribution in [2.75, 3.05) is 13.1 Å². The van der Waals surface area contributed by atoms with Crippen molar-refractivity contribution >= 4 is 27.5 Å². The average Bonchev–Trinajstić information content (AvgIpc) is 3.01. The maximum Gasteiger partial charge on any atom is 0.254 e. The number of sulfonamides is 1. The zero-order valence-electron chi connectivity index (χ0n) is 14.6. The van der Waals surface area contributed by atoms with E-state index >= 15 is 0 Å². The highest BCUT2D eigenvalue weighted by Crippen LogP contribution is 2.29. The van der Waals surface area contributed by atoms with Crippen molar-refractivity contribution in [2.24, 2.45) is 0 Å². The van der Waals surface area contributed by atoms with E-state index in [-0.39, 0.29) is 27.9 Å². The van der Waals surface area contributed by atoms with Crippen LogP contribution < -0.4 is 0 Å². The molecule has 1 aliphatic heterocycles. The van der Waals surface area contributed by atoms with Crippen LogP contribution in [-0.4, -0.2) is 48.7 Å². The van der Waals surface area contributed by atoms with Crippen molar-refractivity contribution in [1.29, 1.82) is 0 Å². The van der Waals surface area contributed by atoms with E-state index in [1.807, 2.05) is 27.7 Å². The normalized spacial score (nSPS) is 16.1. The van der Waals surface area contributed by atoms with Crippen LogP contribution in [0.4, 0.5) is 0 Å². The molecule has 0 spiro atoms. The Morgan fingerprint density at radius 1 is 1.12 bits per heavy atom. The molecule has 1 amide bonds. The molecule has 5 nitrogen and oxygen atoms in total. The number of halogens is 1. The van der Waals surface area contributed by atoms with Crippen LogP contribution in [-0.2, 0) is 10.0 Å². The fourth-order valence-corrected chi connectivity index (χ4v) is 5.13. The molecule has 1 aromatic carbocycles. The van der Waals surface area contributed by atoms with E-state index in [1.165, 1.54) is 16.4 Å². The summed E-state index contributed by atoms with van der Waals surface area (Å²) in [6.07, 6.45) is 1.70. The smallest absolute Gasteiger partial charge is 0.254 e. The van der Waals surface area contributed by atoms with Crippen LogP contribution in [0.2, 0.25) is 5.02 Å². The Morgan fingerprint density at radius 3 is 2.17 bits per heavy atom.